The molecule has 4 N–H and O–H groups in total. The van der Waals surface area contributed by atoms with Crippen molar-refractivity contribution in [2.75, 3.05) is 6.26 Å². The van der Waals surface area contributed by atoms with Gasteiger partial charge in [0.05, 0.1) is 4.90 Å². The zero-order valence-corrected chi connectivity index (χ0v) is 12.3. The lowest BCUT2D eigenvalue weighted by molar-refractivity contribution is 0.564. The molecule has 0 saturated heterocycles. The summed E-state index contributed by atoms with van der Waals surface area (Å²) in [7, 11) is -3.24. The standard InChI is InChI=1S/C15H17FN2O2S/c1-21(19,20)13-7-5-10(6-8-13)14(17)15(18)11-3-2-4-12(16)9-11/h2-9,14-15H,17-18H2,1H3. The van der Waals surface area contributed by atoms with Gasteiger partial charge < -0.3 is 11.5 Å². The summed E-state index contributed by atoms with van der Waals surface area (Å²) in [6.45, 7) is 0. The van der Waals surface area contributed by atoms with Crippen molar-refractivity contribution in [1.82, 2.24) is 0 Å². The van der Waals surface area contributed by atoms with Crippen LogP contribution >= 0.6 is 0 Å². The molecule has 21 heavy (non-hydrogen) atoms. The van der Waals surface area contributed by atoms with Crippen molar-refractivity contribution >= 4 is 9.84 Å². The Morgan fingerprint density at radius 1 is 0.952 bits per heavy atom. The summed E-state index contributed by atoms with van der Waals surface area (Å²) in [6.07, 6.45) is 1.14. The van der Waals surface area contributed by atoms with Gasteiger partial charge in [-0.3, -0.25) is 0 Å². The maximum atomic E-state index is 13.2. The van der Waals surface area contributed by atoms with Gasteiger partial charge in [-0.1, -0.05) is 24.3 Å². The van der Waals surface area contributed by atoms with Gasteiger partial charge >= 0.3 is 0 Å². The Bertz CT molecular complexity index is 730. The van der Waals surface area contributed by atoms with Gasteiger partial charge in [-0.15, -0.1) is 0 Å². The van der Waals surface area contributed by atoms with E-state index in [1.54, 1.807) is 24.3 Å². The third-order valence-electron chi connectivity index (χ3n) is 3.31. The molecule has 0 aliphatic carbocycles. The quantitative estimate of drug-likeness (QED) is 0.903. The van der Waals surface area contributed by atoms with E-state index in [1.165, 1.54) is 24.3 Å². The van der Waals surface area contributed by atoms with Gasteiger partial charge in [0.1, 0.15) is 5.82 Å². The smallest absolute Gasteiger partial charge is 0.175 e. The number of hydrogen-bond acceptors (Lipinski definition) is 4. The minimum Gasteiger partial charge on any atom is -0.322 e. The summed E-state index contributed by atoms with van der Waals surface area (Å²) in [5.41, 5.74) is 13.4. The Labute approximate surface area is 123 Å². The molecule has 2 aromatic carbocycles. The van der Waals surface area contributed by atoms with E-state index in [0.717, 1.165) is 6.26 Å². The lowest BCUT2D eigenvalue weighted by Crippen LogP contribution is -2.26. The third kappa shape index (κ3) is 3.66. The number of nitrogens with two attached hydrogens (primary N) is 2. The summed E-state index contributed by atoms with van der Waals surface area (Å²) >= 11 is 0. The van der Waals surface area contributed by atoms with Crippen LogP contribution in [0.15, 0.2) is 53.4 Å². The SMILES string of the molecule is CS(=O)(=O)c1ccc(C(N)C(N)c2cccc(F)c2)cc1. The maximum Gasteiger partial charge on any atom is 0.175 e. The molecule has 112 valence electrons. The van der Waals surface area contributed by atoms with Crippen molar-refractivity contribution in [2.45, 2.75) is 17.0 Å². The Morgan fingerprint density at radius 3 is 2.05 bits per heavy atom. The molecule has 4 nitrogen and oxygen atoms in total. The Kier molecular flexibility index (Phi) is 4.41. The van der Waals surface area contributed by atoms with Gasteiger partial charge in [-0.25, -0.2) is 12.8 Å². The fraction of sp³-hybridized carbons (Fsp3) is 0.200. The van der Waals surface area contributed by atoms with Crippen molar-refractivity contribution in [3.63, 3.8) is 0 Å². The van der Waals surface area contributed by atoms with Crippen LogP contribution in [0.4, 0.5) is 4.39 Å². The lowest BCUT2D eigenvalue weighted by atomic mass is 9.95. The highest BCUT2D eigenvalue weighted by atomic mass is 32.2. The minimum absolute atomic E-state index is 0.220. The van der Waals surface area contributed by atoms with E-state index < -0.39 is 21.9 Å². The fourth-order valence-electron chi connectivity index (χ4n) is 2.07. The zero-order valence-electron chi connectivity index (χ0n) is 11.5. The van der Waals surface area contributed by atoms with E-state index in [-0.39, 0.29) is 10.7 Å². The Morgan fingerprint density at radius 2 is 1.52 bits per heavy atom. The van der Waals surface area contributed by atoms with Crippen LogP contribution in [0, 0.1) is 5.82 Å². The van der Waals surface area contributed by atoms with Crippen LogP contribution < -0.4 is 11.5 Å². The first-order chi connectivity index (χ1) is 9.79. The molecule has 2 rings (SSSR count). The molecule has 2 unspecified atom stereocenters. The second-order valence-electron chi connectivity index (χ2n) is 4.95. The molecule has 0 saturated carbocycles. The largest absolute Gasteiger partial charge is 0.322 e. The van der Waals surface area contributed by atoms with Crippen molar-refractivity contribution < 1.29 is 12.8 Å². The van der Waals surface area contributed by atoms with Crippen LogP contribution in [0.3, 0.4) is 0 Å². The molecule has 0 radical (unpaired) electrons. The van der Waals surface area contributed by atoms with Crippen LogP contribution in [-0.2, 0) is 9.84 Å². The van der Waals surface area contributed by atoms with E-state index in [2.05, 4.69) is 0 Å². The average Bonchev–Trinajstić information content (AvgIpc) is 2.45. The van der Waals surface area contributed by atoms with E-state index in [0.29, 0.717) is 11.1 Å². The summed E-state index contributed by atoms with van der Waals surface area (Å²) in [5.74, 6) is -0.373. The second kappa shape index (κ2) is 5.93. The first-order valence-electron chi connectivity index (χ1n) is 6.35. The highest BCUT2D eigenvalue weighted by Crippen LogP contribution is 2.25. The molecular formula is C15H17FN2O2S. The number of benzene rings is 2. The van der Waals surface area contributed by atoms with Crippen molar-refractivity contribution in [1.29, 1.82) is 0 Å². The molecule has 0 aliphatic rings. The summed E-state index contributed by atoms with van der Waals surface area (Å²) < 4.78 is 36.0. The van der Waals surface area contributed by atoms with Gasteiger partial charge in [-0.2, -0.15) is 0 Å². The van der Waals surface area contributed by atoms with Crippen molar-refractivity contribution in [3.05, 3.63) is 65.5 Å². The van der Waals surface area contributed by atoms with Crippen LogP contribution in [-0.4, -0.2) is 14.7 Å². The molecule has 0 aromatic heterocycles. The zero-order chi connectivity index (χ0) is 15.6. The summed E-state index contributed by atoms with van der Waals surface area (Å²) in [4.78, 5) is 0.220. The van der Waals surface area contributed by atoms with Gasteiger partial charge in [0, 0.05) is 18.3 Å². The molecule has 0 heterocycles. The lowest BCUT2D eigenvalue weighted by Gasteiger charge is -2.21. The van der Waals surface area contributed by atoms with Crippen LogP contribution in [0.25, 0.3) is 0 Å². The number of sulfone groups is 1. The van der Waals surface area contributed by atoms with E-state index >= 15 is 0 Å². The molecule has 2 aromatic rings. The molecule has 6 heteroatoms. The predicted molar refractivity (Wildman–Crippen MR) is 79.8 cm³/mol. The van der Waals surface area contributed by atoms with Gasteiger partial charge in [0.25, 0.3) is 0 Å². The van der Waals surface area contributed by atoms with Gasteiger partial charge in [-0.05, 0) is 35.4 Å². The highest BCUT2D eigenvalue weighted by molar-refractivity contribution is 7.90. The first-order valence-corrected chi connectivity index (χ1v) is 8.25. The Hall–Kier alpha value is -1.76. The highest BCUT2D eigenvalue weighted by Gasteiger charge is 2.18. The number of rotatable bonds is 4. The van der Waals surface area contributed by atoms with Gasteiger partial charge in [0.2, 0.25) is 0 Å². The summed E-state index contributed by atoms with van der Waals surface area (Å²) in [6, 6.07) is 11.1. The Balaban J connectivity index is 2.25. The van der Waals surface area contributed by atoms with Crippen LogP contribution in [0.5, 0.6) is 0 Å². The predicted octanol–water partition coefficient (Wildman–Crippen LogP) is 1.93. The second-order valence-corrected chi connectivity index (χ2v) is 6.96. The summed E-state index contributed by atoms with van der Waals surface area (Å²) in [5, 5.41) is 0. The molecule has 0 fully saturated rings. The molecule has 0 bridgehead atoms. The van der Waals surface area contributed by atoms with E-state index in [4.69, 9.17) is 11.5 Å². The van der Waals surface area contributed by atoms with Crippen LogP contribution in [0.2, 0.25) is 0 Å². The fourth-order valence-corrected chi connectivity index (χ4v) is 2.70. The topological polar surface area (TPSA) is 86.2 Å². The average molecular weight is 308 g/mol. The third-order valence-corrected chi connectivity index (χ3v) is 4.44. The number of hydrogen-bond donors (Lipinski definition) is 2. The molecule has 0 aliphatic heterocycles. The molecule has 0 amide bonds. The minimum atomic E-state index is -3.24. The molecule has 2 atom stereocenters. The number of halogens is 1. The van der Waals surface area contributed by atoms with E-state index in [9.17, 15) is 12.8 Å². The monoisotopic (exact) mass is 308 g/mol. The normalized spacial score (nSPS) is 14.7. The van der Waals surface area contributed by atoms with Gasteiger partial charge in [0.15, 0.2) is 9.84 Å². The van der Waals surface area contributed by atoms with E-state index in [1.807, 2.05) is 0 Å². The van der Waals surface area contributed by atoms with Crippen molar-refractivity contribution in [3.8, 4) is 0 Å². The molecule has 0 spiro atoms. The first kappa shape index (κ1) is 15.6. The maximum absolute atomic E-state index is 13.2. The molecular weight excluding hydrogens is 291 g/mol. The van der Waals surface area contributed by atoms with Crippen molar-refractivity contribution in [2.24, 2.45) is 11.5 Å². The van der Waals surface area contributed by atoms with Crippen LogP contribution in [0.1, 0.15) is 23.2 Å².